The summed E-state index contributed by atoms with van der Waals surface area (Å²) in [6, 6.07) is 13.3. The van der Waals surface area contributed by atoms with Gasteiger partial charge < -0.3 is 9.80 Å². The van der Waals surface area contributed by atoms with Crippen molar-refractivity contribution in [3.63, 3.8) is 0 Å². The Morgan fingerprint density at radius 1 is 1.06 bits per heavy atom. The lowest BCUT2D eigenvalue weighted by atomic mass is 9.92. The summed E-state index contributed by atoms with van der Waals surface area (Å²) < 4.78 is 14.2. The van der Waals surface area contributed by atoms with Crippen molar-refractivity contribution >= 4 is 34.9 Å². The van der Waals surface area contributed by atoms with Crippen LogP contribution in [0.1, 0.15) is 37.0 Å². The fraction of sp³-hybridized carbons (Fsp3) is 0.370. The average Bonchev–Trinajstić information content (AvgIpc) is 3.03. The van der Waals surface area contributed by atoms with E-state index in [0.29, 0.717) is 6.54 Å². The zero-order valence-corrected chi connectivity index (χ0v) is 20.7. The second-order valence-electron chi connectivity index (χ2n) is 8.70. The molecule has 32 heavy (non-hydrogen) atoms. The van der Waals surface area contributed by atoms with E-state index in [1.54, 1.807) is 22.7 Å². The first-order valence-corrected chi connectivity index (χ1v) is 12.2. The maximum atomic E-state index is 14.2. The Bertz CT molecular complexity index is 1040. The van der Waals surface area contributed by atoms with Gasteiger partial charge in [0, 0.05) is 18.5 Å². The highest BCUT2D eigenvalue weighted by atomic mass is 32.2. The van der Waals surface area contributed by atoms with Crippen LogP contribution in [0.2, 0.25) is 0 Å². The van der Waals surface area contributed by atoms with Crippen LogP contribution in [0.15, 0.2) is 52.9 Å². The third kappa shape index (κ3) is 5.33. The van der Waals surface area contributed by atoms with Crippen molar-refractivity contribution < 1.29 is 9.18 Å². The largest absolute Gasteiger partial charge is 0.345 e. The molecule has 0 fully saturated rings. The number of fused-ring (bicyclic) bond motifs is 1. The van der Waals surface area contributed by atoms with Crippen LogP contribution < -0.4 is 0 Å². The lowest BCUT2D eigenvalue weighted by Crippen LogP contribution is -2.34. The van der Waals surface area contributed by atoms with Crippen molar-refractivity contribution in [2.75, 3.05) is 40.5 Å². The molecule has 0 bridgehead atoms. The number of allylic oxidation sites excluding steroid dienone is 2. The first-order valence-electron chi connectivity index (χ1n) is 11.0. The molecule has 1 aliphatic rings. The van der Waals surface area contributed by atoms with Gasteiger partial charge in [0.2, 0.25) is 5.91 Å². The van der Waals surface area contributed by atoms with E-state index in [1.165, 1.54) is 11.0 Å². The van der Waals surface area contributed by atoms with Crippen LogP contribution in [-0.4, -0.2) is 56.2 Å². The Morgan fingerprint density at radius 3 is 2.38 bits per heavy atom. The number of hydrogen-bond acceptors (Lipinski definition) is 3. The van der Waals surface area contributed by atoms with Gasteiger partial charge in [0.25, 0.3) is 0 Å². The van der Waals surface area contributed by atoms with Gasteiger partial charge in [0.1, 0.15) is 5.82 Å². The Labute approximate surface area is 196 Å². The molecule has 1 amide bonds. The van der Waals surface area contributed by atoms with E-state index in [1.807, 2.05) is 41.1 Å². The van der Waals surface area contributed by atoms with Crippen LogP contribution in [0.4, 0.5) is 4.39 Å². The van der Waals surface area contributed by atoms with Gasteiger partial charge in [0.05, 0.1) is 5.92 Å². The SMILES string of the molecule is CSc1ccc(/C=C2/C(C)=C(C(C)C(=O)N(C)CCCN(C)C)c3cc(F)ccc32)cc1. The molecule has 0 saturated heterocycles. The lowest BCUT2D eigenvalue weighted by molar-refractivity contribution is -0.131. The molecule has 1 atom stereocenters. The molecule has 3 nitrogen and oxygen atoms in total. The fourth-order valence-electron chi connectivity index (χ4n) is 4.32. The number of hydrogen-bond donors (Lipinski definition) is 0. The molecule has 0 heterocycles. The first-order chi connectivity index (χ1) is 15.2. The third-order valence-electron chi connectivity index (χ3n) is 6.08. The summed E-state index contributed by atoms with van der Waals surface area (Å²) in [6.07, 6.45) is 5.12. The highest BCUT2D eigenvalue weighted by molar-refractivity contribution is 7.98. The smallest absolute Gasteiger partial charge is 0.229 e. The maximum Gasteiger partial charge on any atom is 0.229 e. The van der Waals surface area contributed by atoms with Gasteiger partial charge in [-0.1, -0.05) is 18.2 Å². The van der Waals surface area contributed by atoms with Crippen LogP contribution in [0.25, 0.3) is 17.2 Å². The molecule has 1 unspecified atom stereocenters. The van der Waals surface area contributed by atoms with Gasteiger partial charge in [-0.25, -0.2) is 4.39 Å². The molecule has 0 radical (unpaired) electrons. The van der Waals surface area contributed by atoms with Crippen LogP contribution in [0, 0.1) is 11.7 Å². The topological polar surface area (TPSA) is 23.6 Å². The summed E-state index contributed by atoms with van der Waals surface area (Å²) in [5.41, 5.74) is 5.94. The summed E-state index contributed by atoms with van der Waals surface area (Å²) >= 11 is 1.71. The normalized spacial score (nSPS) is 15.4. The number of carbonyl (C=O) groups is 1. The highest BCUT2D eigenvalue weighted by Gasteiger charge is 2.32. The fourth-order valence-corrected chi connectivity index (χ4v) is 4.73. The van der Waals surface area contributed by atoms with Crippen molar-refractivity contribution in [2.45, 2.75) is 25.2 Å². The molecule has 0 saturated carbocycles. The van der Waals surface area contributed by atoms with E-state index in [0.717, 1.165) is 46.4 Å². The van der Waals surface area contributed by atoms with Gasteiger partial charge in [-0.15, -0.1) is 11.8 Å². The summed E-state index contributed by atoms with van der Waals surface area (Å²) in [5, 5.41) is 0. The van der Waals surface area contributed by atoms with E-state index in [9.17, 15) is 9.18 Å². The number of halogens is 1. The molecule has 0 spiro atoms. The van der Waals surface area contributed by atoms with Crippen LogP contribution in [-0.2, 0) is 4.79 Å². The number of nitrogens with zero attached hydrogens (tertiary/aromatic N) is 2. The Kier molecular flexibility index (Phi) is 7.96. The summed E-state index contributed by atoms with van der Waals surface area (Å²) in [7, 11) is 5.92. The van der Waals surface area contributed by atoms with E-state index < -0.39 is 0 Å². The van der Waals surface area contributed by atoms with Gasteiger partial charge in [-0.3, -0.25) is 4.79 Å². The van der Waals surface area contributed by atoms with Crippen LogP contribution in [0.3, 0.4) is 0 Å². The number of thioether (sulfide) groups is 1. The molecule has 0 aliphatic heterocycles. The third-order valence-corrected chi connectivity index (χ3v) is 6.82. The zero-order chi connectivity index (χ0) is 23.4. The first kappa shape index (κ1) is 24.3. The highest BCUT2D eigenvalue weighted by Crippen LogP contribution is 2.46. The molecule has 0 N–H and O–H groups in total. The Balaban J connectivity index is 1.95. The molecule has 1 aliphatic carbocycles. The van der Waals surface area contributed by atoms with Crippen LogP contribution >= 0.6 is 11.8 Å². The molecule has 2 aromatic carbocycles. The van der Waals surface area contributed by atoms with Crippen LogP contribution in [0.5, 0.6) is 0 Å². The van der Waals surface area contributed by atoms with Crippen molar-refractivity contribution in [1.29, 1.82) is 0 Å². The lowest BCUT2D eigenvalue weighted by Gasteiger charge is -2.24. The summed E-state index contributed by atoms with van der Waals surface area (Å²) in [5.74, 6) is -0.554. The molecule has 2 aromatic rings. The van der Waals surface area contributed by atoms with Crippen molar-refractivity contribution in [1.82, 2.24) is 9.80 Å². The summed E-state index contributed by atoms with van der Waals surface area (Å²) in [4.78, 5) is 18.4. The van der Waals surface area contributed by atoms with Gasteiger partial charge in [-0.2, -0.15) is 0 Å². The monoisotopic (exact) mass is 452 g/mol. The predicted octanol–water partition coefficient (Wildman–Crippen LogP) is 5.92. The van der Waals surface area contributed by atoms with Crippen molar-refractivity contribution in [3.05, 3.63) is 70.5 Å². The molecular formula is C27H33FN2OS. The Hall–Kier alpha value is -2.37. The molecular weight excluding hydrogens is 419 g/mol. The minimum atomic E-state index is -0.343. The van der Waals surface area contributed by atoms with Gasteiger partial charge in [0.15, 0.2) is 0 Å². The number of rotatable bonds is 8. The minimum Gasteiger partial charge on any atom is -0.345 e. The van der Waals surface area contributed by atoms with E-state index in [2.05, 4.69) is 41.5 Å². The van der Waals surface area contributed by atoms with Gasteiger partial charge in [-0.05, 0) is 111 Å². The van der Waals surface area contributed by atoms with E-state index >= 15 is 0 Å². The zero-order valence-electron chi connectivity index (χ0n) is 19.9. The number of amides is 1. The van der Waals surface area contributed by atoms with Crippen molar-refractivity contribution in [2.24, 2.45) is 5.92 Å². The summed E-state index contributed by atoms with van der Waals surface area (Å²) in [6.45, 7) is 5.62. The molecule has 3 rings (SSSR count). The predicted molar refractivity (Wildman–Crippen MR) is 135 cm³/mol. The van der Waals surface area contributed by atoms with Crippen molar-refractivity contribution in [3.8, 4) is 0 Å². The van der Waals surface area contributed by atoms with E-state index in [-0.39, 0.29) is 17.6 Å². The van der Waals surface area contributed by atoms with E-state index in [4.69, 9.17) is 0 Å². The maximum absolute atomic E-state index is 14.2. The minimum absolute atomic E-state index is 0.0684. The number of carbonyl (C=O) groups excluding carboxylic acids is 1. The molecule has 5 heteroatoms. The second-order valence-corrected chi connectivity index (χ2v) is 9.58. The quantitative estimate of drug-likeness (QED) is 0.465. The Morgan fingerprint density at radius 2 is 1.75 bits per heavy atom. The van der Waals surface area contributed by atoms with Gasteiger partial charge >= 0.3 is 0 Å². The molecule has 0 aromatic heterocycles. The number of benzene rings is 2. The average molecular weight is 453 g/mol. The molecule has 170 valence electrons. The standard InChI is InChI=1S/C27H33FN2OS/c1-18-24(16-20-8-11-22(32-6)12-9-20)23-13-10-21(28)17-25(23)26(18)19(2)27(31)30(5)15-7-14-29(3)4/h8-13,16-17,19H,7,14-15H2,1-6H3/b24-16-. The second kappa shape index (κ2) is 10.5.